The highest BCUT2D eigenvalue weighted by Gasteiger charge is 2.16. The van der Waals surface area contributed by atoms with Crippen LogP contribution < -0.4 is 5.32 Å². The van der Waals surface area contributed by atoms with Crippen LogP contribution in [-0.2, 0) is 6.54 Å². The van der Waals surface area contributed by atoms with E-state index in [1.807, 2.05) is 19.2 Å². The van der Waals surface area contributed by atoms with Crippen LogP contribution in [0, 0.1) is 6.92 Å². The molecule has 0 radical (unpaired) electrons. The van der Waals surface area contributed by atoms with Crippen molar-refractivity contribution < 1.29 is 4.79 Å². The molecule has 3 rings (SSSR count). The van der Waals surface area contributed by atoms with Crippen molar-refractivity contribution in [1.29, 1.82) is 0 Å². The smallest absolute Gasteiger partial charge is 0.275 e. The Morgan fingerprint density at radius 2 is 2.17 bits per heavy atom. The SMILES string of the molecule is CCn1nc(C)cc1C(=O)Nc1nc(-c2cc(Cl)sc2Cl)cs1. The van der Waals surface area contributed by atoms with Crippen molar-refractivity contribution in [3.05, 3.63) is 37.6 Å². The van der Waals surface area contributed by atoms with E-state index < -0.39 is 0 Å². The Labute approximate surface area is 150 Å². The van der Waals surface area contributed by atoms with Crippen LogP contribution in [0.25, 0.3) is 11.3 Å². The maximum Gasteiger partial charge on any atom is 0.275 e. The van der Waals surface area contributed by atoms with Gasteiger partial charge in [-0.05, 0) is 26.0 Å². The molecule has 0 aliphatic carbocycles. The van der Waals surface area contributed by atoms with Crippen molar-refractivity contribution in [3.63, 3.8) is 0 Å². The minimum Gasteiger partial charge on any atom is -0.296 e. The van der Waals surface area contributed by atoms with Gasteiger partial charge in [-0.25, -0.2) is 4.98 Å². The van der Waals surface area contributed by atoms with Crippen molar-refractivity contribution in [2.75, 3.05) is 5.32 Å². The van der Waals surface area contributed by atoms with Gasteiger partial charge in [0.1, 0.15) is 10.0 Å². The molecule has 0 aliphatic heterocycles. The van der Waals surface area contributed by atoms with Gasteiger partial charge < -0.3 is 0 Å². The molecule has 0 saturated heterocycles. The standard InChI is InChI=1S/C14H12Cl2N4OS2/c1-3-20-10(4-7(2)19-20)13(21)18-14-17-9(6-22-14)8-5-11(15)23-12(8)16/h4-6H,3H2,1-2H3,(H,17,18,21). The highest BCUT2D eigenvalue weighted by atomic mass is 35.5. The Morgan fingerprint density at radius 3 is 2.83 bits per heavy atom. The van der Waals surface area contributed by atoms with Crippen LogP contribution >= 0.6 is 45.9 Å². The number of rotatable bonds is 4. The van der Waals surface area contributed by atoms with Crippen LogP contribution in [0.15, 0.2) is 17.5 Å². The molecule has 0 bridgehead atoms. The number of halogens is 2. The summed E-state index contributed by atoms with van der Waals surface area (Å²) in [7, 11) is 0. The normalized spacial score (nSPS) is 11.0. The summed E-state index contributed by atoms with van der Waals surface area (Å²) in [4.78, 5) is 16.8. The monoisotopic (exact) mass is 386 g/mol. The number of nitrogens with one attached hydrogen (secondary N) is 1. The third-order valence-electron chi connectivity index (χ3n) is 3.09. The number of hydrogen-bond acceptors (Lipinski definition) is 5. The van der Waals surface area contributed by atoms with E-state index in [9.17, 15) is 4.79 Å². The summed E-state index contributed by atoms with van der Waals surface area (Å²) >= 11 is 14.7. The number of amides is 1. The number of nitrogens with zero attached hydrogens (tertiary/aromatic N) is 3. The lowest BCUT2D eigenvalue weighted by molar-refractivity contribution is 0.101. The summed E-state index contributed by atoms with van der Waals surface area (Å²) in [5.74, 6) is -0.234. The van der Waals surface area contributed by atoms with Gasteiger partial charge in [-0.15, -0.1) is 22.7 Å². The Kier molecular flexibility index (Phi) is 4.72. The lowest BCUT2D eigenvalue weighted by Gasteiger charge is -2.03. The van der Waals surface area contributed by atoms with Gasteiger partial charge in [0, 0.05) is 17.5 Å². The van der Waals surface area contributed by atoms with E-state index in [4.69, 9.17) is 23.2 Å². The second-order valence-electron chi connectivity index (χ2n) is 4.72. The molecule has 120 valence electrons. The predicted molar refractivity (Wildman–Crippen MR) is 96.0 cm³/mol. The molecular weight excluding hydrogens is 375 g/mol. The number of thiophene rings is 1. The van der Waals surface area contributed by atoms with Gasteiger partial charge in [-0.2, -0.15) is 5.10 Å². The van der Waals surface area contributed by atoms with Gasteiger partial charge in [0.15, 0.2) is 5.13 Å². The Hall–Kier alpha value is -1.41. The fourth-order valence-corrected chi connectivity index (χ4v) is 4.29. The molecule has 0 saturated carbocycles. The van der Waals surface area contributed by atoms with Gasteiger partial charge in [0.05, 0.1) is 15.7 Å². The summed E-state index contributed by atoms with van der Waals surface area (Å²) in [6.07, 6.45) is 0. The first-order valence-electron chi connectivity index (χ1n) is 6.74. The number of anilines is 1. The Bertz CT molecular complexity index is 868. The summed E-state index contributed by atoms with van der Waals surface area (Å²) < 4.78 is 2.85. The third-order valence-corrected chi connectivity index (χ3v) is 5.34. The molecule has 0 aliphatic rings. The van der Waals surface area contributed by atoms with Gasteiger partial charge >= 0.3 is 0 Å². The van der Waals surface area contributed by atoms with E-state index >= 15 is 0 Å². The summed E-state index contributed by atoms with van der Waals surface area (Å²) in [6.45, 7) is 4.42. The molecular formula is C14H12Cl2N4OS2. The third kappa shape index (κ3) is 3.42. The minimum absolute atomic E-state index is 0.234. The fraction of sp³-hybridized carbons (Fsp3) is 0.214. The minimum atomic E-state index is -0.234. The van der Waals surface area contributed by atoms with E-state index in [-0.39, 0.29) is 5.91 Å². The van der Waals surface area contributed by atoms with Crippen molar-refractivity contribution in [2.45, 2.75) is 20.4 Å². The number of thiazole rings is 1. The number of carbonyl (C=O) groups is 1. The summed E-state index contributed by atoms with van der Waals surface area (Å²) in [6, 6.07) is 3.52. The molecule has 0 aromatic carbocycles. The Morgan fingerprint density at radius 1 is 1.39 bits per heavy atom. The second kappa shape index (κ2) is 6.60. The first-order chi connectivity index (χ1) is 11.0. The second-order valence-corrected chi connectivity index (χ2v) is 7.86. The zero-order valence-electron chi connectivity index (χ0n) is 12.3. The quantitative estimate of drug-likeness (QED) is 0.689. The number of carbonyl (C=O) groups excluding carboxylic acids is 1. The topological polar surface area (TPSA) is 59.8 Å². The van der Waals surface area contributed by atoms with Crippen LogP contribution in [0.3, 0.4) is 0 Å². The first-order valence-corrected chi connectivity index (χ1v) is 9.19. The molecule has 0 atom stereocenters. The lowest BCUT2D eigenvalue weighted by Crippen LogP contribution is -2.17. The van der Waals surface area contributed by atoms with E-state index in [0.717, 1.165) is 11.3 Å². The van der Waals surface area contributed by atoms with E-state index in [0.29, 0.717) is 31.7 Å². The average Bonchev–Trinajstić information content (AvgIpc) is 3.18. The van der Waals surface area contributed by atoms with Crippen LogP contribution in [0.1, 0.15) is 23.1 Å². The van der Waals surface area contributed by atoms with Crippen LogP contribution in [-0.4, -0.2) is 20.7 Å². The van der Waals surface area contributed by atoms with Crippen LogP contribution in [0.5, 0.6) is 0 Å². The average molecular weight is 387 g/mol. The number of hydrogen-bond donors (Lipinski definition) is 1. The maximum absolute atomic E-state index is 12.4. The molecule has 3 aromatic heterocycles. The zero-order valence-corrected chi connectivity index (χ0v) is 15.4. The van der Waals surface area contributed by atoms with Crippen molar-refractivity contribution in [3.8, 4) is 11.3 Å². The van der Waals surface area contributed by atoms with Crippen LogP contribution in [0.2, 0.25) is 8.67 Å². The van der Waals surface area contributed by atoms with E-state index in [1.165, 1.54) is 22.7 Å². The zero-order chi connectivity index (χ0) is 16.6. The predicted octanol–water partition coefficient (Wildman–Crippen LogP) is 4.96. The Balaban J connectivity index is 1.81. The number of aryl methyl sites for hydroxylation is 2. The highest BCUT2D eigenvalue weighted by Crippen LogP contribution is 2.39. The molecule has 5 nitrogen and oxygen atoms in total. The highest BCUT2D eigenvalue weighted by molar-refractivity contribution is 7.20. The van der Waals surface area contributed by atoms with Crippen molar-refractivity contribution >= 4 is 56.9 Å². The van der Waals surface area contributed by atoms with Crippen molar-refractivity contribution in [2.24, 2.45) is 0 Å². The first kappa shape index (κ1) is 16.4. The van der Waals surface area contributed by atoms with E-state index in [1.54, 1.807) is 16.8 Å². The van der Waals surface area contributed by atoms with Crippen LogP contribution in [0.4, 0.5) is 5.13 Å². The van der Waals surface area contributed by atoms with Gasteiger partial charge in [0.25, 0.3) is 5.91 Å². The molecule has 3 heterocycles. The maximum atomic E-state index is 12.4. The summed E-state index contributed by atoms with van der Waals surface area (Å²) in [5, 5.41) is 9.40. The molecule has 0 spiro atoms. The fourth-order valence-electron chi connectivity index (χ4n) is 2.10. The largest absolute Gasteiger partial charge is 0.296 e. The van der Waals surface area contributed by atoms with Gasteiger partial charge in [-0.1, -0.05) is 23.2 Å². The molecule has 9 heteroatoms. The molecule has 23 heavy (non-hydrogen) atoms. The molecule has 1 amide bonds. The molecule has 1 N–H and O–H groups in total. The molecule has 3 aromatic rings. The van der Waals surface area contributed by atoms with Gasteiger partial charge in [-0.3, -0.25) is 14.8 Å². The lowest BCUT2D eigenvalue weighted by atomic mass is 10.3. The van der Waals surface area contributed by atoms with Gasteiger partial charge in [0.2, 0.25) is 0 Å². The summed E-state index contributed by atoms with van der Waals surface area (Å²) in [5.41, 5.74) is 2.78. The van der Waals surface area contributed by atoms with E-state index in [2.05, 4.69) is 15.4 Å². The number of aromatic nitrogens is 3. The van der Waals surface area contributed by atoms with Crippen molar-refractivity contribution in [1.82, 2.24) is 14.8 Å². The molecule has 0 unspecified atom stereocenters. The molecule has 0 fully saturated rings.